The first-order valence-electron chi connectivity index (χ1n) is 7.28. The Balaban J connectivity index is 2.90. The molecule has 3 N–H and O–H groups in total. The van der Waals surface area contributed by atoms with Crippen LogP contribution in [0.1, 0.15) is 48.2 Å². The van der Waals surface area contributed by atoms with Gasteiger partial charge >= 0.3 is 5.97 Å². The van der Waals surface area contributed by atoms with Crippen LogP contribution in [0.25, 0.3) is 0 Å². The Kier molecular flexibility index (Phi) is 6.79. The highest BCUT2D eigenvalue weighted by molar-refractivity contribution is 5.89. The second-order valence-corrected chi connectivity index (χ2v) is 5.50. The van der Waals surface area contributed by atoms with Gasteiger partial charge in [0.15, 0.2) is 0 Å². The Morgan fingerprint density at radius 1 is 1.45 bits per heavy atom. The quantitative estimate of drug-likeness (QED) is 0.599. The highest BCUT2D eigenvalue weighted by Crippen LogP contribution is 2.21. The number of hydrogen-bond acceptors (Lipinski definition) is 5. The van der Waals surface area contributed by atoms with Crippen molar-refractivity contribution < 1.29 is 9.53 Å². The summed E-state index contributed by atoms with van der Waals surface area (Å²) in [7, 11) is 1.38. The van der Waals surface area contributed by atoms with Crippen molar-refractivity contribution in [1.29, 1.82) is 0 Å². The van der Waals surface area contributed by atoms with E-state index in [0.717, 1.165) is 5.56 Å². The molecule has 1 aromatic rings. The minimum absolute atomic E-state index is 0.0436. The van der Waals surface area contributed by atoms with E-state index in [1.807, 2.05) is 19.1 Å². The van der Waals surface area contributed by atoms with Crippen molar-refractivity contribution in [3.63, 3.8) is 0 Å². The van der Waals surface area contributed by atoms with Crippen LogP contribution in [-0.4, -0.2) is 25.3 Å². The Hall–Kier alpha value is -2.14. The summed E-state index contributed by atoms with van der Waals surface area (Å²) in [6.45, 7) is 10.4. The molecule has 120 valence electrons. The molecule has 0 aliphatic rings. The van der Waals surface area contributed by atoms with E-state index >= 15 is 0 Å². The first-order valence-corrected chi connectivity index (χ1v) is 7.28. The number of methoxy groups -OCH3 is 1. The average molecular weight is 303 g/mol. The SMILES string of the molecule is C=C(N)N=CC(C)NCc1cc(C(=O)OC)ccc1C(C)C. The third-order valence-corrected chi connectivity index (χ3v) is 3.26. The summed E-state index contributed by atoms with van der Waals surface area (Å²) in [6.07, 6.45) is 1.71. The van der Waals surface area contributed by atoms with Gasteiger partial charge in [0.25, 0.3) is 0 Å². The minimum Gasteiger partial charge on any atom is -0.465 e. The Bertz CT molecular complexity index is 565. The molecule has 22 heavy (non-hydrogen) atoms. The predicted octanol–water partition coefficient (Wildman–Crippen LogP) is 2.58. The van der Waals surface area contributed by atoms with Crippen molar-refractivity contribution in [3.05, 3.63) is 47.3 Å². The van der Waals surface area contributed by atoms with Crippen molar-refractivity contribution in [2.24, 2.45) is 10.7 Å². The maximum Gasteiger partial charge on any atom is 0.337 e. The van der Waals surface area contributed by atoms with Gasteiger partial charge in [0.2, 0.25) is 0 Å². The first kappa shape index (κ1) is 17.9. The smallest absolute Gasteiger partial charge is 0.337 e. The Labute approximate surface area is 132 Å². The monoisotopic (exact) mass is 303 g/mol. The molecule has 0 spiro atoms. The van der Waals surface area contributed by atoms with Crippen molar-refractivity contribution >= 4 is 12.2 Å². The first-order chi connectivity index (χ1) is 10.3. The van der Waals surface area contributed by atoms with E-state index in [4.69, 9.17) is 10.5 Å². The van der Waals surface area contributed by atoms with Crippen LogP contribution in [0.15, 0.2) is 35.6 Å². The zero-order valence-corrected chi connectivity index (χ0v) is 13.7. The lowest BCUT2D eigenvalue weighted by Crippen LogP contribution is -2.27. The molecule has 1 atom stereocenters. The van der Waals surface area contributed by atoms with E-state index in [2.05, 4.69) is 30.7 Å². The number of aliphatic imine (C=N–C) groups is 1. The number of carbonyl (C=O) groups is 1. The molecule has 0 aliphatic heterocycles. The van der Waals surface area contributed by atoms with Gasteiger partial charge in [-0.15, -0.1) is 0 Å². The molecule has 0 aromatic heterocycles. The standard InChI is InChI=1S/C17H25N3O2/c1-11(2)16-7-6-14(17(21)22-5)8-15(16)10-19-12(3)9-20-13(4)18/h6-9,11-12,19H,4,10,18H2,1-3,5H3. The van der Waals surface area contributed by atoms with Crippen molar-refractivity contribution in [2.45, 2.75) is 39.3 Å². The number of hydrogen-bond donors (Lipinski definition) is 2. The fraction of sp³-hybridized carbons (Fsp3) is 0.412. The third kappa shape index (κ3) is 5.33. The van der Waals surface area contributed by atoms with Crippen LogP contribution in [0.4, 0.5) is 0 Å². The number of carbonyl (C=O) groups excluding carboxylic acids is 1. The molecule has 0 radical (unpaired) electrons. The van der Waals surface area contributed by atoms with Gasteiger partial charge in [0, 0.05) is 18.8 Å². The lowest BCUT2D eigenvalue weighted by molar-refractivity contribution is 0.0600. The number of nitrogens with one attached hydrogen (secondary N) is 1. The molecule has 0 bridgehead atoms. The topological polar surface area (TPSA) is 76.7 Å². The van der Waals surface area contributed by atoms with Crippen molar-refractivity contribution in [2.75, 3.05) is 7.11 Å². The van der Waals surface area contributed by atoms with Crippen LogP contribution in [0.2, 0.25) is 0 Å². The number of nitrogens with two attached hydrogens (primary N) is 1. The van der Waals surface area contributed by atoms with Crippen LogP contribution in [-0.2, 0) is 11.3 Å². The molecule has 0 amide bonds. The van der Waals surface area contributed by atoms with E-state index in [1.54, 1.807) is 12.3 Å². The summed E-state index contributed by atoms with van der Waals surface area (Å²) in [5.41, 5.74) is 8.24. The van der Waals surface area contributed by atoms with Gasteiger partial charge in [-0.1, -0.05) is 26.5 Å². The van der Waals surface area contributed by atoms with Gasteiger partial charge < -0.3 is 15.8 Å². The van der Waals surface area contributed by atoms with E-state index in [9.17, 15) is 4.79 Å². The van der Waals surface area contributed by atoms with Crippen molar-refractivity contribution in [3.8, 4) is 0 Å². The van der Waals surface area contributed by atoms with Crippen LogP contribution in [0.3, 0.4) is 0 Å². The summed E-state index contributed by atoms with van der Waals surface area (Å²) in [4.78, 5) is 15.7. The predicted molar refractivity (Wildman–Crippen MR) is 90.0 cm³/mol. The molecule has 0 fully saturated rings. The van der Waals surface area contributed by atoms with E-state index in [-0.39, 0.29) is 17.8 Å². The molecular formula is C17H25N3O2. The van der Waals surface area contributed by atoms with Gasteiger partial charge in [-0.3, -0.25) is 0 Å². The Morgan fingerprint density at radius 2 is 2.14 bits per heavy atom. The maximum absolute atomic E-state index is 11.7. The van der Waals surface area contributed by atoms with Crippen molar-refractivity contribution in [1.82, 2.24) is 5.32 Å². The summed E-state index contributed by atoms with van der Waals surface area (Å²) in [5.74, 6) is 0.325. The fourth-order valence-corrected chi connectivity index (χ4v) is 2.10. The van der Waals surface area contributed by atoms with Crippen LogP contribution < -0.4 is 11.1 Å². The average Bonchev–Trinajstić information content (AvgIpc) is 2.49. The number of esters is 1. The number of ether oxygens (including phenoxy) is 1. The van der Waals surface area contributed by atoms with E-state index in [1.165, 1.54) is 12.7 Å². The van der Waals surface area contributed by atoms with Gasteiger partial charge in [0.1, 0.15) is 5.82 Å². The zero-order chi connectivity index (χ0) is 16.7. The highest BCUT2D eigenvalue weighted by atomic mass is 16.5. The highest BCUT2D eigenvalue weighted by Gasteiger charge is 2.12. The van der Waals surface area contributed by atoms with Crippen LogP contribution in [0, 0.1) is 0 Å². The van der Waals surface area contributed by atoms with E-state index < -0.39 is 0 Å². The summed E-state index contributed by atoms with van der Waals surface area (Å²) < 4.78 is 4.78. The molecule has 0 aliphatic carbocycles. The lowest BCUT2D eigenvalue weighted by atomic mass is 9.95. The van der Waals surface area contributed by atoms with Gasteiger partial charge in [0.05, 0.1) is 12.7 Å². The zero-order valence-electron chi connectivity index (χ0n) is 13.7. The second kappa shape index (κ2) is 8.34. The molecule has 1 unspecified atom stereocenters. The molecule has 5 heteroatoms. The molecule has 1 rings (SSSR count). The molecular weight excluding hydrogens is 278 g/mol. The summed E-state index contributed by atoms with van der Waals surface area (Å²) in [6, 6.07) is 5.70. The minimum atomic E-state index is -0.328. The van der Waals surface area contributed by atoms with Gasteiger partial charge in [-0.25, -0.2) is 9.79 Å². The molecule has 5 nitrogen and oxygen atoms in total. The third-order valence-electron chi connectivity index (χ3n) is 3.26. The molecule has 0 saturated carbocycles. The van der Waals surface area contributed by atoms with Gasteiger partial charge in [-0.05, 0) is 36.1 Å². The Morgan fingerprint density at radius 3 is 2.68 bits per heavy atom. The van der Waals surface area contributed by atoms with Crippen LogP contribution >= 0.6 is 0 Å². The van der Waals surface area contributed by atoms with E-state index in [0.29, 0.717) is 18.0 Å². The maximum atomic E-state index is 11.7. The molecule has 0 saturated heterocycles. The van der Waals surface area contributed by atoms with Gasteiger partial charge in [-0.2, -0.15) is 0 Å². The lowest BCUT2D eigenvalue weighted by Gasteiger charge is -2.16. The summed E-state index contributed by atoms with van der Waals surface area (Å²) in [5, 5.41) is 3.34. The fourth-order valence-electron chi connectivity index (χ4n) is 2.10. The second-order valence-electron chi connectivity index (χ2n) is 5.50. The number of nitrogens with zero attached hydrogens (tertiary/aromatic N) is 1. The summed E-state index contributed by atoms with van der Waals surface area (Å²) >= 11 is 0. The molecule has 0 heterocycles. The normalized spacial score (nSPS) is 12.6. The van der Waals surface area contributed by atoms with Crippen LogP contribution in [0.5, 0.6) is 0 Å². The number of rotatable bonds is 7. The largest absolute Gasteiger partial charge is 0.465 e. The molecule has 1 aromatic carbocycles. The number of benzene rings is 1.